The highest BCUT2D eigenvalue weighted by Crippen LogP contribution is 2.22. The largest absolute Gasteiger partial charge is 0.381 e. The van der Waals surface area contributed by atoms with E-state index in [0.717, 1.165) is 17.5 Å². The van der Waals surface area contributed by atoms with Gasteiger partial charge in [-0.25, -0.2) is 0 Å². The molecular formula is C13H17N3O2. The van der Waals surface area contributed by atoms with Gasteiger partial charge in [-0.2, -0.15) is 4.98 Å². The molecular weight excluding hydrogens is 230 g/mol. The van der Waals surface area contributed by atoms with Crippen LogP contribution in [0.15, 0.2) is 28.8 Å². The van der Waals surface area contributed by atoms with Gasteiger partial charge in [0.2, 0.25) is 11.7 Å². The first kappa shape index (κ1) is 12.7. The van der Waals surface area contributed by atoms with Crippen molar-refractivity contribution >= 4 is 0 Å². The molecule has 18 heavy (non-hydrogen) atoms. The van der Waals surface area contributed by atoms with Crippen LogP contribution in [-0.4, -0.2) is 23.4 Å². The molecule has 1 aromatic heterocycles. The Balaban J connectivity index is 2.32. The van der Waals surface area contributed by atoms with Gasteiger partial charge in [0.25, 0.3) is 0 Å². The number of aromatic nitrogens is 2. The van der Waals surface area contributed by atoms with Gasteiger partial charge in [-0.3, -0.25) is 0 Å². The minimum Gasteiger partial charge on any atom is -0.381 e. The molecule has 0 bridgehead atoms. The summed E-state index contributed by atoms with van der Waals surface area (Å²) < 4.78 is 10.3. The highest BCUT2D eigenvalue weighted by molar-refractivity contribution is 5.59. The van der Waals surface area contributed by atoms with E-state index < -0.39 is 0 Å². The fourth-order valence-corrected chi connectivity index (χ4v) is 1.76. The fraction of sp³-hybridized carbons (Fsp3) is 0.385. The lowest BCUT2D eigenvalue weighted by Crippen LogP contribution is -2.09. The molecule has 96 valence electrons. The van der Waals surface area contributed by atoms with Gasteiger partial charge in [0, 0.05) is 12.7 Å². The zero-order valence-electron chi connectivity index (χ0n) is 10.6. The molecule has 2 rings (SSSR count). The summed E-state index contributed by atoms with van der Waals surface area (Å²) >= 11 is 0. The van der Waals surface area contributed by atoms with Crippen LogP contribution in [0.3, 0.4) is 0 Å². The maximum atomic E-state index is 5.47. The minimum atomic E-state index is 0.145. The lowest BCUT2D eigenvalue weighted by molar-refractivity contribution is 0.119. The third-order valence-corrected chi connectivity index (χ3v) is 2.81. The van der Waals surface area contributed by atoms with Gasteiger partial charge in [-0.15, -0.1) is 0 Å². The number of nitrogens with zero attached hydrogens (tertiary/aromatic N) is 2. The van der Waals surface area contributed by atoms with Crippen molar-refractivity contribution in [2.45, 2.75) is 26.0 Å². The van der Waals surface area contributed by atoms with Crippen LogP contribution in [0, 0.1) is 0 Å². The van der Waals surface area contributed by atoms with Crippen molar-refractivity contribution in [2.24, 2.45) is 5.73 Å². The maximum Gasteiger partial charge on any atom is 0.240 e. The molecule has 2 aromatic rings. The number of methoxy groups -OCH3 is 1. The molecule has 1 heterocycles. The maximum absolute atomic E-state index is 5.47. The average Bonchev–Trinajstić information content (AvgIpc) is 2.88. The van der Waals surface area contributed by atoms with Crippen molar-refractivity contribution in [1.82, 2.24) is 10.1 Å². The molecule has 5 nitrogen and oxygen atoms in total. The molecule has 0 aliphatic rings. The topological polar surface area (TPSA) is 74.2 Å². The molecule has 0 saturated carbocycles. The third kappa shape index (κ3) is 2.75. The Morgan fingerprint density at radius 1 is 1.39 bits per heavy atom. The van der Waals surface area contributed by atoms with Crippen LogP contribution in [-0.2, 0) is 17.7 Å². The Labute approximate surface area is 106 Å². The zero-order valence-corrected chi connectivity index (χ0v) is 10.6. The van der Waals surface area contributed by atoms with Crippen molar-refractivity contribution in [3.05, 3.63) is 35.7 Å². The summed E-state index contributed by atoms with van der Waals surface area (Å²) in [5.74, 6) is 1.02. The summed E-state index contributed by atoms with van der Waals surface area (Å²) in [6, 6.07) is 7.96. The summed E-state index contributed by atoms with van der Waals surface area (Å²) in [5, 5.41) is 3.94. The molecule has 5 heteroatoms. The lowest BCUT2D eigenvalue weighted by Gasteiger charge is -2.11. The predicted octanol–water partition coefficient (Wildman–Crippen LogP) is 1.77. The van der Waals surface area contributed by atoms with Gasteiger partial charge in [0.1, 0.15) is 0 Å². The molecule has 0 spiro atoms. The Hall–Kier alpha value is -1.72. The molecule has 2 N–H and O–H groups in total. The van der Waals surface area contributed by atoms with E-state index in [0.29, 0.717) is 11.7 Å². The van der Waals surface area contributed by atoms with Crippen molar-refractivity contribution in [3.8, 4) is 11.4 Å². The van der Waals surface area contributed by atoms with Crippen LogP contribution in [0.1, 0.15) is 18.4 Å². The Bertz CT molecular complexity index is 510. The molecule has 0 radical (unpaired) electrons. The van der Waals surface area contributed by atoms with Gasteiger partial charge in [0.15, 0.2) is 0 Å². The normalized spacial score (nSPS) is 12.6. The standard InChI is InChI=1S/C13H17N3O2/c1-9(17-2)7-10-5-3-4-6-11(10)13-15-12(8-14)18-16-13/h3-6,9H,7-8,14H2,1-2H3. The summed E-state index contributed by atoms with van der Waals surface area (Å²) in [7, 11) is 1.70. The molecule has 0 amide bonds. The second-order valence-corrected chi connectivity index (χ2v) is 4.12. The number of hydrogen-bond donors (Lipinski definition) is 1. The Morgan fingerprint density at radius 2 is 2.17 bits per heavy atom. The second kappa shape index (κ2) is 5.75. The smallest absolute Gasteiger partial charge is 0.240 e. The SMILES string of the molecule is COC(C)Cc1ccccc1-c1noc(CN)n1. The first-order chi connectivity index (χ1) is 8.74. The molecule has 0 aliphatic carbocycles. The van der Waals surface area contributed by atoms with Gasteiger partial charge < -0.3 is 15.0 Å². The minimum absolute atomic E-state index is 0.145. The first-order valence-corrected chi connectivity index (χ1v) is 5.88. The quantitative estimate of drug-likeness (QED) is 0.871. The molecule has 0 saturated heterocycles. The fourth-order valence-electron chi connectivity index (χ4n) is 1.76. The van der Waals surface area contributed by atoms with E-state index in [9.17, 15) is 0 Å². The monoisotopic (exact) mass is 247 g/mol. The second-order valence-electron chi connectivity index (χ2n) is 4.12. The number of rotatable bonds is 5. The first-order valence-electron chi connectivity index (χ1n) is 5.88. The summed E-state index contributed by atoms with van der Waals surface area (Å²) in [6.45, 7) is 2.28. The molecule has 1 unspecified atom stereocenters. The van der Waals surface area contributed by atoms with Crippen molar-refractivity contribution in [2.75, 3.05) is 7.11 Å². The third-order valence-electron chi connectivity index (χ3n) is 2.81. The Kier molecular flexibility index (Phi) is 4.07. The average molecular weight is 247 g/mol. The van der Waals surface area contributed by atoms with Crippen molar-refractivity contribution in [3.63, 3.8) is 0 Å². The highest BCUT2D eigenvalue weighted by Gasteiger charge is 2.13. The van der Waals surface area contributed by atoms with E-state index in [2.05, 4.69) is 10.1 Å². The van der Waals surface area contributed by atoms with Crippen LogP contribution in [0.2, 0.25) is 0 Å². The van der Waals surface area contributed by atoms with Gasteiger partial charge in [0.05, 0.1) is 12.6 Å². The van der Waals surface area contributed by atoms with E-state index in [1.165, 1.54) is 0 Å². The lowest BCUT2D eigenvalue weighted by atomic mass is 10.0. The van der Waals surface area contributed by atoms with E-state index in [4.69, 9.17) is 15.0 Å². The van der Waals surface area contributed by atoms with Gasteiger partial charge in [-0.05, 0) is 18.9 Å². The molecule has 1 atom stereocenters. The number of hydrogen-bond acceptors (Lipinski definition) is 5. The summed E-state index contributed by atoms with van der Waals surface area (Å²) in [4.78, 5) is 4.25. The van der Waals surface area contributed by atoms with E-state index in [1.807, 2.05) is 31.2 Å². The van der Waals surface area contributed by atoms with Crippen LogP contribution in [0.25, 0.3) is 11.4 Å². The van der Waals surface area contributed by atoms with E-state index in [1.54, 1.807) is 7.11 Å². The highest BCUT2D eigenvalue weighted by atomic mass is 16.5. The summed E-state index contributed by atoms with van der Waals surface area (Å²) in [5.41, 5.74) is 7.56. The number of benzene rings is 1. The number of nitrogens with two attached hydrogens (primary N) is 1. The zero-order chi connectivity index (χ0) is 13.0. The predicted molar refractivity (Wildman–Crippen MR) is 67.8 cm³/mol. The van der Waals surface area contributed by atoms with Crippen LogP contribution in [0.5, 0.6) is 0 Å². The number of ether oxygens (including phenoxy) is 1. The van der Waals surface area contributed by atoms with E-state index >= 15 is 0 Å². The summed E-state index contributed by atoms with van der Waals surface area (Å²) in [6.07, 6.45) is 0.950. The van der Waals surface area contributed by atoms with Crippen LogP contribution >= 0.6 is 0 Å². The molecule has 0 fully saturated rings. The molecule has 1 aromatic carbocycles. The van der Waals surface area contributed by atoms with Gasteiger partial charge >= 0.3 is 0 Å². The van der Waals surface area contributed by atoms with Gasteiger partial charge in [-0.1, -0.05) is 29.4 Å². The molecule has 0 aliphatic heterocycles. The van der Waals surface area contributed by atoms with Crippen LogP contribution < -0.4 is 5.73 Å². The Morgan fingerprint density at radius 3 is 2.83 bits per heavy atom. The van der Waals surface area contributed by atoms with E-state index in [-0.39, 0.29) is 12.6 Å². The van der Waals surface area contributed by atoms with Crippen molar-refractivity contribution < 1.29 is 9.26 Å². The van der Waals surface area contributed by atoms with Crippen LogP contribution in [0.4, 0.5) is 0 Å². The van der Waals surface area contributed by atoms with Crippen molar-refractivity contribution in [1.29, 1.82) is 0 Å².